The monoisotopic (exact) mass is 248 g/mol. The second-order valence-corrected chi connectivity index (χ2v) is 5.71. The SMILES string of the molecule is Cc1ccc(S(=O)(=O)O)cc1CC(C)Cl. The molecule has 0 saturated carbocycles. The van der Waals surface area contributed by atoms with Gasteiger partial charge in [0.1, 0.15) is 0 Å². The van der Waals surface area contributed by atoms with Crippen LogP contribution in [-0.2, 0) is 16.5 Å². The lowest BCUT2D eigenvalue weighted by Gasteiger charge is -2.08. The average Bonchev–Trinajstić information content (AvgIpc) is 2.06. The first-order valence-electron chi connectivity index (χ1n) is 4.52. The summed E-state index contributed by atoms with van der Waals surface area (Å²) < 4.78 is 30.7. The van der Waals surface area contributed by atoms with Crippen molar-refractivity contribution in [2.75, 3.05) is 0 Å². The van der Waals surface area contributed by atoms with Crippen LogP contribution in [0.25, 0.3) is 0 Å². The van der Waals surface area contributed by atoms with E-state index in [0.29, 0.717) is 6.42 Å². The maximum Gasteiger partial charge on any atom is 0.294 e. The standard InChI is InChI=1S/C10H13ClO3S/c1-7-3-4-10(15(12,13)14)6-9(7)5-8(2)11/h3-4,6,8H,5H2,1-2H3,(H,12,13,14). The van der Waals surface area contributed by atoms with Gasteiger partial charge < -0.3 is 0 Å². The summed E-state index contributed by atoms with van der Waals surface area (Å²) in [5.74, 6) is 0. The van der Waals surface area contributed by atoms with Crippen LogP contribution < -0.4 is 0 Å². The molecule has 0 aliphatic rings. The Hall–Kier alpha value is -0.580. The van der Waals surface area contributed by atoms with E-state index in [0.717, 1.165) is 11.1 Å². The van der Waals surface area contributed by atoms with E-state index < -0.39 is 10.1 Å². The third-order valence-corrected chi connectivity index (χ3v) is 3.12. The zero-order valence-electron chi connectivity index (χ0n) is 8.57. The van der Waals surface area contributed by atoms with Gasteiger partial charge in [0.15, 0.2) is 0 Å². The first-order chi connectivity index (χ1) is 6.80. The van der Waals surface area contributed by atoms with E-state index in [-0.39, 0.29) is 10.3 Å². The van der Waals surface area contributed by atoms with Crippen LogP contribution in [-0.4, -0.2) is 18.3 Å². The van der Waals surface area contributed by atoms with Crippen LogP contribution in [0.4, 0.5) is 0 Å². The Kier molecular flexibility index (Phi) is 3.76. The highest BCUT2D eigenvalue weighted by molar-refractivity contribution is 7.85. The number of aryl methyl sites for hydroxylation is 1. The van der Waals surface area contributed by atoms with Gasteiger partial charge in [-0.25, -0.2) is 0 Å². The first-order valence-corrected chi connectivity index (χ1v) is 6.39. The lowest BCUT2D eigenvalue weighted by atomic mass is 10.0. The van der Waals surface area contributed by atoms with E-state index in [4.69, 9.17) is 16.2 Å². The zero-order chi connectivity index (χ0) is 11.6. The minimum absolute atomic E-state index is 0.0691. The Balaban J connectivity index is 3.17. The zero-order valence-corrected chi connectivity index (χ0v) is 10.1. The highest BCUT2D eigenvalue weighted by Gasteiger charge is 2.12. The molecule has 1 unspecified atom stereocenters. The molecule has 0 aromatic heterocycles. The number of benzene rings is 1. The van der Waals surface area contributed by atoms with Gasteiger partial charge in [-0.15, -0.1) is 11.6 Å². The molecule has 0 heterocycles. The van der Waals surface area contributed by atoms with Crippen molar-refractivity contribution in [3.05, 3.63) is 29.3 Å². The minimum Gasteiger partial charge on any atom is -0.282 e. The summed E-state index contributed by atoms with van der Waals surface area (Å²) in [6.45, 7) is 3.71. The summed E-state index contributed by atoms with van der Waals surface area (Å²) in [6, 6.07) is 4.51. The van der Waals surface area contributed by atoms with Crippen LogP contribution in [0.5, 0.6) is 0 Å². The van der Waals surface area contributed by atoms with Gasteiger partial charge in [0.05, 0.1) is 4.90 Å². The molecular formula is C10H13ClO3S. The van der Waals surface area contributed by atoms with Crippen molar-refractivity contribution < 1.29 is 13.0 Å². The molecule has 1 aromatic rings. The molecule has 1 N–H and O–H groups in total. The maximum atomic E-state index is 10.9. The molecule has 0 saturated heterocycles. The van der Waals surface area contributed by atoms with Gasteiger partial charge in [-0.2, -0.15) is 8.42 Å². The Labute approximate surface area is 94.8 Å². The van der Waals surface area contributed by atoms with E-state index in [2.05, 4.69) is 0 Å². The normalized spacial score (nSPS) is 13.9. The minimum atomic E-state index is -4.12. The summed E-state index contributed by atoms with van der Waals surface area (Å²) in [5, 5.41) is -0.0691. The van der Waals surface area contributed by atoms with Crippen molar-refractivity contribution in [1.29, 1.82) is 0 Å². The second-order valence-electron chi connectivity index (χ2n) is 3.55. The van der Waals surface area contributed by atoms with Crippen LogP contribution in [0.1, 0.15) is 18.1 Å². The predicted octanol–water partition coefficient (Wildman–Crippen LogP) is 2.41. The Morgan fingerprint density at radius 1 is 1.47 bits per heavy atom. The fourth-order valence-electron chi connectivity index (χ4n) is 1.33. The van der Waals surface area contributed by atoms with Crippen molar-refractivity contribution in [3.63, 3.8) is 0 Å². The number of alkyl halides is 1. The molecule has 15 heavy (non-hydrogen) atoms. The summed E-state index contributed by atoms with van der Waals surface area (Å²) in [4.78, 5) is -0.0829. The molecule has 0 spiro atoms. The molecule has 3 nitrogen and oxygen atoms in total. The number of hydrogen-bond donors (Lipinski definition) is 1. The topological polar surface area (TPSA) is 54.4 Å². The molecule has 0 aliphatic carbocycles. The third kappa shape index (κ3) is 3.48. The summed E-state index contributed by atoms with van der Waals surface area (Å²) >= 11 is 5.84. The van der Waals surface area contributed by atoms with Crippen LogP contribution in [0.3, 0.4) is 0 Å². The summed E-state index contributed by atoms with van der Waals surface area (Å²) in [7, 11) is -4.12. The van der Waals surface area contributed by atoms with E-state index in [9.17, 15) is 8.42 Å². The second kappa shape index (κ2) is 4.51. The molecule has 5 heteroatoms. The molecule has 0 amide bonds. The molecule has 0 bridgehead atoms. The highest BCUT2D eigenvalue weighted by Crippen LogP contribution is 2.18. The van der Waals surface area contributed by atoms with E-state index in [1.807, 2.05) is 13.8 Å². The van der Waals surface area contributed by atoms with E-state index in [1.54, 1.807) is 6.07 Å². The Morgan fingerprint density at radius 2 is 2.07 bits per heavy atom. The maximum absolute atomic E-state index is 10.9. The first kappa shape index (κ1) is 12.5. The number of hydrogen-bond acceptors (Lipinski definition) is 2. The average molecular weight is 249 g/mol. The predicted molar refractivity (Wildman–Crippen MR) is 60.0 cm³/mol. The highest BCUT2D eigenvalue weighted by atomic mass is 35.5. The molecule has 1 aromatic carbocycles. The van der Waals surface area contributed by atoms with Crippen LogP contribution >= 0.6 is 11.6 Å². The van der Waals surface area contributed by atoms with Gasteiger partial charge in [0.25, 0.3) is 10.1 Å². The molecule has 0 radical (unpaired) electrons. The van der Waals surface area contributed by atoms with Crippen LogP contribution in [0.15, 0.2) is 23.1 Å². The number of rotatable bonds is 3. The van der Waals surface area contributed by atoms with Crippen molar-refractivity contribution in [3.8, 4) is 0 Å². The van der Waals surface area contributed by atoms with E-state index in [1.165, 1.54) is 12.1 Å². The smallest absolute Gasteiger partial charge is 0.282 e. The van der Waals surface area contributed by atoms with Crippen molar-refractivity contribution >= 4 is 21.7 Å². The lowest BCUT2D eigenvalue weighted by Crippen LogP contribution is -2.03. The van der Waals surface area contributed by atoms with Gasteiger partial charge in [-0.1, -0.05) is 6.07 Å². The van der Waals surface area contributed by atoms with Gasteiger partial charge in [-0.3, -0.25) is 4.55 Å². The number of halogens is 1. The molecular weight excluding hydrogens is 236 g/mol. The Bertz CT molecular complexity index is 452. The van der Waals surface area contributed by atoms with E-state index >= 15 is 0 Å². The fourth-order valence-corrected chi connectivity index (χ4v) is 2.03. The molecule has 1 atom stereocenters. The van der Waals surface area contributed by atoms with Gasteiger partial charge in [0, 0.05) is 5.38 Å². The molecule has 0 fully saturated rings. The van der Waals surface area contributed by atoms with Crippen LogP contribution in [0, 0.1) is 6.92 Å². The summed E-state index contributed by atoms with van der Waals surface area (Å²) in [6.07, 6.45) is 0.580. The quantitative estimate of drug-likeness (QED) is 0.660. The molecule has 1 rings (SSSR count). The Morgan fingerprint density at radius 3 is 2.53 bits per heavy atom. The van der Waals surface area contributed by atoms with Gasteiger partial charge in [0.2, 0.25) is 0 Å². The third-order valence-electron chi connectivity index (χ3n) is 2.12. The van der Waals surface area contributed by atoms with Gasteiger partial charge in [-0.05, 0) is 43.5 Å². The van der Waals surface area contributed by atoms with Crippen molar-refractivity contribution in [1.82, 2.24) is 0 Å². The van der Waals surface area contributed by atoms with Crippen molar-refractivity contribution in [2.45, 2.75) is 30.5 Å². The molecule has 0 aliphatic heterocycles. The summed E-state index contributed by atoms with van der Waals surface area (Å²) in [5.41, 5.74) is 1.81. The van der Waals surface area contributed by atoms with Crippen molar-refractivity contribution in [2.24, 2.45) is 0 Å². The largest absolute Gasteiger partial charge is 0.294 e. The van der Waals surface area contributed by atoms with Gasteiger partial charge >= 0.3 is 0 Å². The fraction of sp³-hybridized carbons (Fsp3) is 0.400. The van der Waals surface area contributed by atoms with Crippen LogP contribution in [0.2, 0.25) is 0 Å². The molecule has 84 valence electrons. The lowest BCUT2D eigenvalue weighted by molar-refractivity contribution is 0.483.